The van der Waals surface area contributed by atoms with Crippen molar-refractivity contribution in [3.05, 3.63) is 24.5 Å². The first kappa shape index (κ1) is 27.3. The van der Waals surface area contributed by atoms with Crippen LogP contribution >= 0.6 is 0 Å². The highest BCUT2D eigenvalue weighted by molar-refractivity contribution is 4.89. The van der Waals surface area contributed by atoms with Crippen LogP contribution < -0.4 is 0 Å². The Labute approximate surface area is 178 Å². The highest BCUT2D eigenvalue weighted by Gasteiger charge is 2.37. The Balaban J connectivity index is 0.000000861. The Kier molecular flexibility index (Phi) is 9.60. The molecule has 28 heavy (non-hydrogen) atoms. The summed E-state index contributed by atoms with van der Waals surface area (Å²) >= 11 is 0. The van der Waals surface area contributed by atoms with E-state index in [-0.39, 0.29) is 0 Å². The lowest BCUT2D eigenvalue weighted by Gasteiger charge is -2.43. The molecular formula is C27H53N. The molecule has 1 heteroatoms. The summed E-state index contributed by atoms with van der Waals surface area (Å²) in [5.74, 6) is 0. The number of aryl methyl sites for hydroxylation is 1. The smallest absolute Gasteiger partial charge is 0.0191 e. The van der Waals surface area contributed by atoms with E-state index in [9.17, 15) is 0 Å². The van der Waals surface area contributed by atoms with Gasteiger partial charge in [0.1, 0.15) is 0 Å². The Morgan fingerprint density at radius 1 is 0.500 bits per heavy atom. The van der Waals surface area contributed by atoms with Crippen LogP contribution in [0, 0.1) is 27.1 Å². The van der Waals surface area contributed by atoms with E-state index in [2.05, 4.69) is 107 Å². The highest BCUT2D eigenvalue weighted by Crippen LogP contribution is 2.48. The third-order valence-corrected chi connectivity index (χ3v) is 4.96. The quantitative estimate of drug-likeness (QED) is 0.436. The Bertz CT molecular complexity index is 498. The first-order chi connectivity index (χ1) is 12.3. The molecule has 1 nitrogen and oxygen atoms in total. The molecule has 0 radical (unpaired) electrons. The van der Waals surface area contributed by atoms with Crippen molar-refractivity contribution >= 4 is 0 Å². The summed E-state index contributed by atoms with van der Waals surface area (Å²) in [6.45, 7) is 32.2. The van der Waals surface area contributed by atoms with E-state index in [1.807, 2.05) is 12.1 Å². The largest absolute Gasteiger partial charge is 0.355 e. The average molecular weight is 392 g/mol. The van der Waals surface area contributed by atoms with Crippen molar-refractivity contribution in [2.24, 2.45) is 27.1 Å². The molecule has 1 rings (SSSR count). The lowest BCUT2D eigenvalue weighted by molar-refractivity contribution is 0.0759. The molecule has 0 fully saturated rings. The maximum atomic E-state index is 2.47. The van der Waals surface area contributed by atoms with Gasteiger partial charge in [0.2, 0.25) is 0 Å². The van der Waals surface area contributed by atoms with E-state index in [0.717, 1.165) is 6.54 Å². The first-order valence-corrected chi connectivity index (χ1v) is 11.4. The maximum Gasteiger partial charge on any atom is 0.0191 e. The van der Waals surface area contributed by atoms with Crippen molar-refractivity contribution < 1.29 is 0 Å². The molecule has 0 saturated heterocycles. The molecule has 1 aromatic heterocycles. The van der Waals surface area contributed by atoms with Crippen LogP contribution in [-0.4, -0.2) is 4.57 Å². The van der Waals surface area contributed by atoms with Gasteiger partial charge in [0, 0.05) is 18.9 Å². The second-order valence-corrected chi connectivity index (χ2v) is 13.8. The van der Waals surface area contributed by atoms with Gasteiger partial charge in [-0.2, -0.15) is 0 Å². The first-order valence-electron chi connectivity index (χ1n) is 11.4. The minimum absolute atomic E-state index is 0.406. The van der Waals surface area contributed by atoms with Crippen molar-refractivity contribution in [2.45, 2.75) is 122 Å². The Morgan fingerprint density at radius 3 is 1.00 bits per heavy atom. The highest BCUT2D eigenvalue weighted by atomic mass is 14.9. The van der Waals surface area contributed by atoms with E-state index in [1.165, 1.54) is 25.7 Å². The second kappa shape index (κ2) is 9.86. The third-order valence-electron chi connectivity index (χ3n) is 4.96. The zero-order valence-electron chi connectivity index (χ0n) is 21.8. The van der Waals surface area contributed by atoms with E-state index in [1.54, 1.807) is 0 Å². The van der Waals surface area contributed by atoms with Crippen LogP contribution in [0.25, 0.3) is 0 Å². The van der Waals surface area contributed by atoms with Gasteiger partial charge in [-0.1, -0.05) is 83.1 Å². The average Bonchev–Trinajstić information content (AvgIpc) is 2.81. The zero-order valence-corrected chi connectivity index (χ0v) is 21.8. The van der Waals surface area contributed by atoms with E-state index in [4.69, 9.17) is 0 Å². The summed E-state index contributed by atoms with van der Waals surface area (Å²) in [5, 5.41) is 0. The minimum atomic E-state index is 0.406. The summed E-state index contributed by atoms with van der Waals surface area (Å²) in [6.07, 6.45) is 9.32. The summed E-state index contributed by atoms with van der Waals surface area (Å²) < 4.78 is 2.12. The number of hydrogen-bond acceptors (Lipinski definition) is 0. The molecule has 0 unspecified atom stereocenters. The molecule has 0 aromatic carbocycles. The molecule has 0 aliphatic carbocycles. The fourth-order valence-electron chi connectivity index (χ4n) is 6.23. The van der Waals surface area contributed by atoms with Gasteiger partial charge in [-0.3, -0.25) is 0 Å². The van der Waals surface area contributed by atoms with Crippen molar-refractivity contribution in [1.82, 2.24) is 4.57 Å². The van der Waals surface area contributed by atoms with Gasteiger partial charge in [0.15, 0.2) is 0 Å². The number of rotatable bonds is 7. The predicted molar refractivity (Wildman–Crippen MR) is 129 cm³/mol. The fraction of sp³-hybridized carbons (Fsp3) is 0.852. The van der Waals surface area contributed by atoms with Gasteiger partial charge in [-0.25, -0.2) is 0 Å². The third kappa shape index (κ3) is 14.3. The van der Waals surface area contributed by atoms with Gasteiger partial charge in [0.25, 0.3) is 0 Å². The molecule has 0 spiro atoms. The Morgan fingerprint density at radius 2 is 0.786 bits per heavy atom. The van der Waals surface area contributed by atoms with Crippen LogP contribution in [0.4, 0.5) is 0 Å². The van der Waals surface area contributed by atoms with Crippen LogP contribution in [0.5, 0.6) is 0 Å². The Hall–Kier alpha value is -0.720. The number of hydrogen-bond donors (Lipinski definition) is 0. The fourth-order valence-corrected chi connectivity index (χ4v) is 6.23. The summed E-state index contributed by atoms with van der Waals surface area (Å²) in [5.41, 5.74) is 2.07. The molecule has 0 aliphatic heterocycles. The van der Waals surface area contributed by atoms with Crippen LogP contribution in [0.3, 0.4) is 0 Å². The van der Waals surface area contributed by atoms with Crippen LogP contribution in [0.1, 0.15) is 116 Å². The predicted octanol–water partition coefficient (Wildman–Crippen LogP) is 9.23. The van der Waals surface area contributed by atoms with Crippen molar-refractivity contribution in [3.63, 3.8) is 0 Å². The minimum Gasteiger partial charge on any atom is -0.355 e. The van der Waals surface area contributed by atoms with Crippen molar-refractivity contribution in [1.29, 1.82) is 0 Å². The second-order valence-electron chi connectivity index (χ2n) is 13.8. The monoisotopic (exact) mass is 391 g/mol. The van der Waals surface area contributed by atoms with Gasteiger partial charge in [-0.05, 0) is 71.8 Å². The molecule has 1 heterocycles. The SMILES string of the molecule is CC(C)(C)CC(C)(C)CC(C)(C)CC(C)(C)CC(C)(C)C.CCn1cccc1. The molecular weight excluding hydrogens is 338 g/mol. The van der Waals surface area contributed by atoms with Gasteiger partial charge in [0.05, 0.1) is 0 Å². The lowest BCUT2D eigenvalue weighted by atomic mass is 9.62. The number of nitrogens with zero attached hydrogens (tertiary/aromatic N) is 1. The topological polar surface area (TPSA) is 4.93 Å². The van der Waals surface area contributed by atoms with Gasteiger partial charge < -0.3 is 4.57 Å². The van der Waals surface area contributed by atoms with Gasteiger partial charge in [-0.15, -0.1) is 0 Å². The zero-order chi connectivity index (χ0) is 22.4. The van der Waals surface area contributed by atoms with Crippen LogP contribution in [0.2, 0.25) is 0 Å². The standard InChI is InChI=1S/C21H44.C6H9N/c1-17(2,3)13-19(7,8)15-21(11,12)16-20(9,10)14-18(4,5)6;1-2-7-5-3-4-6-7/h13-16H2,1-12H3;3-6H,2H2,1H3. The molecule has 1 aromatic rings. The molecule has 0 aliphatic rings. The molecule has 0 amide bonds. The normalized spacial score (nSPS) is 13.9. The van der Waals surface area contributed by atoms with E-state index >= 15 is 0 Å². The summed E-state index contributed by atoms with van der Waals surface area (Å²) in [6, 6.07) is 4.06. The molecule has 0 N–H and O–H groups in total. The molecule has 0 saturated carbocycles. The van der Waals surface area contributed by atoms with Crippen molar-refractivity contribution in [3.8, 4) is 0 Å². The molecule has 0 bridgehead atoms. The molecule has 166 valence electrons. The number of aromatic nitrogens is 1. The maximum absolute atomic E-state index is 2.47. The van der Waals surface area contributed by atoms with Crippen molar-refractivity contribution in [2.75, 3.05) is 0 Å². The van der Waals surface area contributed by atoms with Crippen LogP contribution in [0.15, 0.2) is 24.5 Å². The van der Waals surface area contributed by atoms with E-state index < -0.39 is 0 Å². The summed E-state index contributed by atoms with van der Waals surface area (Å²) in [7, 11) is 0. The van der Waals surface area contributed by atoms with Gasteiger partial charge >= 0.3 is 0 Å². The van der Waals surface area contributed by atoms with E-state index in [0.29, 0.717) is 27.1 Å². The molecule has 0 atom stereocenters. The lowest BCUT2D eigenvalue weighted by Crippen LogP contribution is -2.32. The van der Waals surface area contributed by atoms with Crippen LogP contribution in [-0.2, 0) is 6.54 Å². The summed E-state index contributed by atoms with van der Waals surface area (Å²) in [4.78, 5) is 0.